The van der Waals surface area contributed by atoms with E-state index in [1.165, 1.54) is 0 Å². The monoisotopic (exact) mass is 649 g/mol. The molecule has 1 N–H and O–H groups in total. The number of benzene rings is 2. The van der Waals surface area contributed by atoms with E-state index in [0.717, 1.165) is 34.0 Å². The van der Waals surface area contributed by atoms with Crippen molar-refractivity contribution in [3.63, 3.8) is 0 Å². The van der Waals surface area contributed by atoms with Gasteiger partial charge >= 0.3 is 5.97 Å². The summed E-state index contributed by atoms with van der Waals surface area (Å²) in [7, 11) is 0. The smallest absolute Gasteiger partial charge is 0.307 e. The number of carboxylic acids is 1. The van der Waals surface area contributed by atoms with Gasteiger partial charge in [0.2, 0.25) is 5.91 Å². The van der Waals surface area contributed by atoms with Crippen molar-refractivity contribution in [3.05, 3.63) is 75.0 Å². The Kier molecular flexibility index (Phi) is 8.26. The summed E-state index contributed by atoms with van der Waals surface area (Å²) in [6.45, 7) is 5.40. The molecule has 10 nitrogen and oxygen atoms in total. The number of rotatable bonds is 8. The number of carboxylic acid groups (broad SMARTS) is 1. The van der Waals surface area contributed by atoms with Crippen LogP contribution in [0.2, 0.25) is 0 Å². The molecule has 2 amide bonds. The summed E-state index contributed by atoms with van der Waals surface area (Å²) in [6.07, 6.45) is 5.12. The molecule has 1 aromatic heterocycles. The minimum atomic E-state index is -0.918. The number of amides is 2. The van der Waals surface area contributed by atoms with Gasteiger partial charge in [-0.1, -0.05) is 52.2 Å². The predicted octanol–water partition coefficient (Wildman–Crippen LogP) is 5.17. The van der Waals surface area contributed by atoms with Crippen molar-refractivity contribution in [3.8, 4) is 5.75 Å². The van der Waals surface area contributed by atoms with Gasteiger partial charge in [0.05, 0.1) is 24.1 Å². The van der Waals surface area contributed by atoms with Gasteiger partial charge in [-0.05, 0) is 62.4 Å². The minimum Gasteiger partial charge on any atom is -0.487 e. The van der Waals surface area contributed by atoms with Crippen LogP contribution in [0, 0.1) is 11.8 Å². The van der Waals surface area contributed by atoms with Gasteiger partial charge in [0.15, 0.2) is 0 Å². The maximum Gasteiger partial charge on any atom is 0.307 e. The fourth-order valence-electron chi connectivity index (χ4n) is 6.75. The molecule has 226 valence electrons. The molecule has 0 saturated heterocycles. The first-order valence-electron chi connectivity index (χ1n) is 15.0. The molecule has 0 radical (unpaired) electrons. The Balaban J connectivity index is 1.37. The lowest BCUT2D eigenvalue weighted by Crippen LogP contribution is -2.50. The number of carbonyl (C=O) groups is 3. The van der Waals surface area contributed by atoms with Gasteiger partial charge in [0.25, 0.3) is 5.91 Å². The quantitative estimate of drug-likeness (QED) is 0.358. The van der Waals surface area contributed by atoms with Crippen LogP contribution in [0.15, 0.2) is 47.1 Å². The lowest BCUT2D eigenvalue weighted by Gasteiger charge is -2.43. The third-order valence-electron chi connectivity index (χ3n) is 9.01. The highest BCUT2D eigenvalue weighted by Gasteiger charge is 2.44. The molecular weight excluding hydrogens is 614 g/mol. The van der Waals surface area contributed by atoms with Crippen LogP contribution in [-0.4, -0.2) is 60.8 Å². The van der Waals surface area contributed by atoms with E-state index < -0.39 is 23.8 Å². The van der Waals surface area contributed by atoms with Gasteiger partial charge in [0.1, 0.15) is 18.1 Å². The largest absolute Gasteiger partial charge is 0.487 e. The first-order valence-corrected chi connectivity index (χ1v) is 15.8. The second-order valence-electron chi connectivity index (χ2n) is 12.0. The van der Waals surface area contributed by atoms with E-state index in [-0.39, 0.29) is 31.0 Å². The third-order valence-corrected chi connectivity index (χ3v) is 9.75. The molecule has 0 spiro atoms. The number of nitrogens with zero attached hydrogens (tertiary/aromatic N) is 5. The van der Waals surface area contributed by atoms with Crippen LogP contribution < -0.4 is 4.74 Å². The number of ether oxygens (including phenoxy) is 1. The fraction of sp³-hybridized carbons (Fsp3) is 0.469. The first kappa shape index (κ1) is 29.3. The molecule has 2 aliphatic heterocycles. The van der Waals surface area contributed by atoms with Crippen LogP contribution in [0.1, 0.15) is 84.4 Å². The number of hydrogen-bond acceptors (Lipinski definition) is 6. The molecule has 3 aromatic rings. The maximum absolute atomic E-state index is 14.3. The molecule has 3 aliphatic rings. The highest BCUT2D eigenvalue weighted by atomic mass is 79.9. The lowest BCUT2D eigenvalue weighted by atomic mass is 9.77. The fourth-order valence-corrected chi connectivity index (χ4v) is 7.29. The minimum absolute atomic E-state index is 0.0704. The summed E-state index contributed by atoms with van der Waals surface area (Å²) in [5, 5.41) is 18.4. The molecule has 1 fully saturated rings. The van der Waals surface area contributed by atoms with E-state index in [4.69, 9.17) is 4.74 Å². The summed E-state index contributed by atoms with van der Waals surface area (Å²) in [6, 6.07) is 11.1. The van der Waals surface area contributed by atoms with E-state index in [1.54, 1.807) is 9.58 Å². The number of aromatic nitrogens is 3. The van der Waals surface area contributed by atoms with Crippen molar-refractivity contribution in [1.29, 1.82) is 0 Å². The Bertz CT molecular complexity index is 1550. The van der Waals surface area contributed by atoms with Crippen LogP contribution in [0.4, 0.5) is 0 Å². The summed E-state index contributed by atoms with van der Waals surface area (Å²) in [5.41, 5.74) is 4.19. The maximum atomic E-state index is 14.3. The lowest BCUT2D eigenvalue weighted by molar-refractivity contribution is -0.153. The van der Waals surface area contributed by atoms with E-state index in [0.29, 0.717) is 49.4 Å². The molecule has 0 bridgehead atoms. The number of hydrogen-bond donors (Lipinski definition) is 1. The highest BCUT2D eigenvalue weighted by molar-refractivity contribution is 9.10. The van der Waals surface area contributed by atoms with Gasteiger partial charge in [0, 0.05) is 41.3 Å². The van der Waals surface area contributed by atoms with E-state index >= 15 is 0 Å². The molecule has 6 rings (SSSR count). The second kappa shape index (κ2) is 12.1. The summed E-state index contributed by atoms with van der Waals surface area (Å²) < 4.78 is 9.07. The first-order chi connectivity index (χ1) is 20.7. The van der Waals surface area contributed by atoms with Crippen LogP contribution in [0.3, 0.4) is 0 Å². The molecule has 2 aromatic carbocycles. The van der Waals surface area contributed by atoms with E-state index in [9.17, 15) is 19.5 Å². The molecule has 3 atom stereocenters. The van der Waals surface area contributed by atoms with E-state index in [1.807, 2.05) is 61.3 Å². The summed E-state index contributed by atoms with van der Waals surface area (Å²) >= 11 is 3.73. The molecular formula is C32H36BrN5O5. The van der Waals surface area contributed by atoms with Crippen molar-refractivity contribution >= 4 is 33.7 Å². The Morgan fingerprint density at radius 1 is 1.12 bits per heavy atom. The van der Waals surface area contributed by atoms with Crippen molar-refractivity contribution in [2.45, 2.75) is 71.2 Å². The normalized spacial score (nSPS) is 21.6. The summed E-state index contributed by atoms with van der Waals surface area (Å²) in [5.74, 6) is -1.83. The zero-order chi connectivity index (χ0) is 30.2. The van der Waals surface area contributed by atoms with Gasteiger partial charge in [-0.3, -0.25) is 14.4 Å². The molecule has 11 heteroatoms. The van der Waals surface area contributed by atoms with Crippen LogP contribution in [0.5, 0.6) is 5.75 Å². The van der Waals surface area contributed by atoms with Crippen molar-refractivity contribution in [2.75, 3.05) is 13.1 Å². The van der Waals surface area contributed by atoms with E-state index in [2.05, 4.69) is 26.2 Å². The average molecular weight is 651 g/mol. The Morgan fingerprint density at radius 2 is 1.88 bits per heavy atom. The van der Waals surface area contributed by atoms with Crippen LogP contribution in [0.25, 0.3) is 0 Å². The SMILES string of the molecule is CC(C)n1cc(COc2ccc(Br)c3c2[C@@H](CN2Cc4ccccc4C2=O)N(C(=O)[C@@H]2CCCC[C@@H]2C(=O)O)CC3)nn1. The topological polar surface area (TPSA) is 118 Å². The summed E-state index contributed by atoms with van der Waals surface area (Å²) in [4.78, 5) is 43.6. The molecule has 1 saturated carbocycles. The zero-order valence-corrected chi connectivity index (χ0v) is 26.0. The Labute approximate surface area is 259 Å². The standard InChI is InChI=1S/C32H36BrN5O5/c1-19(2)38-16-21(34-35-38)18-43-28-12-11-26(33)25-13-14-37(31(40)23-9-5-6-10-24(23)32(41)42)27(29(25)28)17-36-15-20-7-3-4-8-22(20)30(36)39/h3-4,7-8,11-12,16,19,23-24,27H,5-6,9-10,13-15,17-18H2,1-2H3,(H,41,42)/t23-,24+,27-/m1/s1. The average Bonchev–Trinajstić information content (AvgIpc) is 3.61. The van der Waals surface area contributed by atoms with Gasteiger partial charge in [-0.15, -0.1) is 5.10 Å². The molecule has 43 heavy (non-hydrogen) atoms. The zero-order valence-electron chi connectivity index (χ0n) is 24.4. The second-order valence-corrected chi connectivity index (χ2v) is 12.8. The Hall–Kier alpha value is -3.73. The van der Waals surface area contributed by atoms with Crippen LogP contribution in [-0.2, 0) is 29.2 Å². The predicted molar refractivity (Wildman–Crippen MR) is 161 cm³/mol. The van der Waals surface area contributed by atoms with Crippen molar-refractivity contribution < 1.29 is 24.2 Å². The van der Waals surface area contributed by atoms with Gasteiger partial charge in [-0.25, -0.2) is 4.68 Å². The third kappa shape index (κ3) is 5.67. The molecule has 3 heterocycles. The van der Waals surface area contributed by atoms with Gasteiger partial charge in [-0.2, -0.15) is 0 Å². The molecule has 0 unspecified atom stereocenters. The molecule has 1 aliphatic carbocycles. The number of carbonyl (C=O) groups excluding carboxylic acids is 2. The van der Waals surface area contributed by atoms with Crippen molar-refractivity contribution in [1.82, 2.24) is 24.8 Å². The number of fused-ring (bicyclic) bond motifs is 2. The van der Waals surface area contributed by atoms with Crippen molar-refractivity contribution in [2.24, 2.45) is 11.8 Å². The van der Waals surface area contributed by atoms with Crippen LogP contribution >= 0.6 is 15.9 Å². The Morgan fingerprint density at radius 3 is 2.60 bits per heavy atom. The number of aliphatic carboxylic acids is 1. The van der Waals surface area contributed by atoms with Gasteiger partial charge < -0.3 is 19.6 Å². The highest BCUT2D eigenvalue weighted by Crippen LogP contribution is 2.44. The number of halogens is 1.